The normalized spacial score (nSPS) is 12.0. The van der Waals surface area contributed by atoms with Gasteiger partial charge in [-0.3, -0.25) is 14.9 Å². The zero-order valence-electron chi connectivity index (χ0n) is 23.1. The largest absolute Gasteiger partial charge is 0.510 e. The molecule has 0 aliphatic heterocycles. The van der Waals surface area contributed by atoms with Crippen LogP contribution in [-0.2, 0) is 11.2 Å². The van der Waals surface area contributed by atoms with Gasteiger partial charge in [0.2, 0.25) is 5.75 Å². The molecular weight excluding hydrogens is 496 g/mol. The van der Waals surface area contributed by atoms with Crippen LogP contribution in [0.15, 0.2) is 70.2 Å². The summed E-state index contributed by atoms with van der Waals surface area (Å²) < 4.78 is 1.70. The highest BCUT2D eigenvalue weighted by atomic mass is 16.6. The number of aryl methyl sites for hydroxylation is 3. The highest BCUT2D eigenvalue weighted by Gasteiger charge is 2.27. The summed E-state index contributed by atoms with van der Waals surface area (Å²) in [5.41, 5.74) is 4.14. The van der Waals surface area contributed by atoms with E-state index >= 15 is 0 Å². The lowest BCUT2D eigenvalue weighted by atomic mass is 10.00. The number of azo groups is 1. The van der Waals surface area contributed by atoms with Gasteiger partial charge in [-0.1, -0.05) is 50.5 Å². The SMILES string of the molecule is CCCCCCc1ccc(-c2cc(C)[n+](-c3cc([N+](=O)[O-])cc(N=N/C(C(C)=O)=C(\C)O)c3O)c(C)c2)cc1. The third kappa shape index (κ3) is 7.13. The number of aromatic hydroxyl groups is 1. The van der Waals surface area contributed by atoms with Crippen LogP contribution in [0.5, 0.6) is 5.75 Å². The maximum Gasteiger partial charge on any atom is 0.278 e. The molecule has 1 heterocycles. The predicted molar refractivity (Wildman–Crippen MR) is 150 cm³/mol. The molecule has 9 heteroatoms. The predicted octanol–water partition coefficient (Wildman–Crippen LogP) is 7.45. The van der Waals surface area contributed by atoms with Crippen molar-refractivity contribution in [3.8, 4) is 22.6 Å². The van der Waals surface area contributed by atoms with Crippen LogP contribution in [0.1, 0.15) is 63.4 Å². The van der Waals surface area contributed by atoms with Crippen molar-refractivity contribution in [2.75, 3.05) is 0 Å². The van der Waals surface area contributed by atoms with Crippen LogP contribution >= 0.6 is 0 Å². The van der Waals surface area contributed by atoms with Crippen molar-refractivity contribution in [2.45, 2.75) is 66.7 Å². The number of ketones is 1. The van der Waals surface area contributed by atoms with E-state index in [1.807, 2.05) is 26.0 Å². The number of phenolic OH excluding ortho intramolecular Hbond substituents is 1. The average Bonchev–Trinajstić information content (AvgIpc) is 2.87. The van der Waals surface area contributed by atoms with Gasteiger partial charge in [0.05, 0.1) is 11.0 Å². The van der Waals surface area contributed by atoms with E-state index in [4.69, 9.17) is 0 Å². The highest BCUT2D eigenvalue weighted by molar-refractivity contribution is 5.93. The molecule has 3 rings (SSSR count). The second-order valence-electron chi connectivity index (χ2n) is 9.65. The lowest BCUT2D eigenvalue weighted by molar-refractivity contribution is -0.610. The number of phenols is 1. The lowest BCUT2D eigenvalue weighted by Gasteiger charge is -2.10. The zero-order chi connectivity index (χ0) is 28.7. The topological polar surface area (TPSA) is 129 Å². The van der Waals surface area contributed by atoms with E-state index < -0.39 is 10.7 Å². The van der Waals surface area contributed by atoms with Gasteiger partial charge in [-0.2, -0.15) is 4.57 Å². The van der Waals surface area contributed by atoms with Crippen LogP contribution in [0.25, 0.3) is 16.8 Å². The average molecular weight is 532 g/mol. The Hall–Kier alpha value is -4.40. The third-order valence-electron chi connectivity index (χ3n) is 6.48. The van der Waals surface area contributed by atoms with Crippen molar-refractivity contribution in [1.29, 1.82) is 0 Å². The van der Waals surface area contributed by atoms with Gasteiger partial charge in [0.1, 0.15) is 11.4 Å². The third-order valence-corrected chi connectivity index (χ3v) is 6.48. The molecule has 0 aliphatic carbocycles. The molecule has 0 bridgehead atoms. The minimum atomic E-state index is -0.593. The summed E-state index contributed by atoms with van der Waals surface area (Å²) in [4.78, 5) is 22.8. The Balaban J connectivity index is 2.02. The molecule has 3 aromatic rings. The van der Waals surface area contributed by atoms with Gasteiger partial charge in [0.25, 0.3) is 11.4 Å². The number of hydrogen-bond donors (Lipinski definition) is 2. The maximum absolute atomic E-state index is 11.7. The Morgan fingerprint density at radius 2 is 1.62 bits per heavy atom. The fourth-order valence-electron chi connectivity index (χ4n) is 4.51. The van der Waals surface area contributed by atoms with Crippen molar-refractivity contribution in [1.82, 2.24) is 0 Å². The number of pyridine rings is 1. The fraction of sp³-hybridized carbons (Fsp3) is 0.333. The zero-order valence-corrected chi connectivity index (χ0v) is 23.1. The Kier molecular flexibility index (Phi) is 9.65. The van der Waals surface area contributed by atoms with E-state index in [9.17, 15) is 25.1 Å². The molecule has 39 heavy (non-hydrogen) atoms. The lowest BCUT2D eigenvalue weighted by Crippen LogP contribution is -2.37. The van der Waals surface area contributed by atoms with Crippen molar-refractivity contribution < 1.29 is 24.5 Å². The number of hydrogen-bond acceptors (Lipinski definition) is 7. The first-order valence-corrected chi connectivity index (χ1v) is 13.0. The summed E-state index contributed by atoms with van der Waals surface area (Å²) in [7, 11) is 0. The second-order valence-corrected chi connectivity index (χ2v) is 9.65. The van der Waals surface area contributed by atoms with Gasteiger partial charge in [-0.05, 0) is 36.5 Å². The number of aromatic nitrogens is 1. The fourth-order valence-corrected chi connectivity index (χ4v) is 4.51. The van der Waals surface area contributed by atoms with Crippen LogP contribution in [0.4, 0.5) is 11.4 Å². The molecule has 0 aliphatic rings. The molecule has 9 nitrogen and oxygen atoms in total. The molecule has 2 aromatic carbocycles. The summed E-state index contributed by atoms with van der Waals surface area (Å²) in [6.45, 7) is 8.39. The molecule has 1 aromatic heterocycles. The van der Waals surface area contributed by atoms with Crippen LogP contribution < -0.4 is 4.57 Å². The summed E-state index contributed by atoms with van der Waals surface area (Å²) in [6.07, 6.45) is 5.94. The smallest absolute Gasteiger partial charge is 0.278 e. The number of allylic oxidation sites excluding steroid dienone is 2. The molecule has 2 N–H and O–H groups in total. The number of unbranched alkanes of at least 4 members (excludes halogenated alkanes) is 3. The molecule has 0 atom stereocenters. The molecule has 204 valence electrons. The number of carbonyl (C=O) groups excluding carboxylic acids is 1. The van der Waals surface area contributed by atoms with Crippen molar-refractivity contribution in [2.24, 2.45) is 10.2 Å². The van der Waals surface area contributed by atoms with Gasteiger partial charge in [-0.15, -0.1) is 10.2 Å². The first-order valence-electron chi connectivity index (χ1n) is 13.0. The Morgan fingerprint density at radius 3 is 2.15 bits per heavy atom. The molecule has 0 unspecified atom stereocenters. The van der Waals surface area contributed by atoms with Gasteiger partial charge in [-0.25, -0.2) is 0 Å². The molecule has 0 amide bonds. The van der Waals surface area contributed by atoms with Gasteiger partial charge in [0, 0.05) is 39.0 Å². The van der Waals surface area contributed by atoms with E-state index in [0.717, 1.165) is 35.0 Å². The van der Waals surface area contributed by atoms with E-state index in [0.29, 0.717) is 0 Å². The number of nitro benzene ring substituents is 1. The van der Waals surface area contributed by atoms with Gasteiger partial charge < -0.3 is 10.2 Å². The standard InChI is InChI=1S/C30H34N4O5/c1-6-7-8-9-10-23-11-13-24(14-12-23)25-15-19(2)33(20(3)16-25)28-18-26(34(38)39)17-27(30(28)37)31-32-29(21(4)35)22(5)36/h11-18H,6-10H2,1-5H3,(H-,31,32,35,36,37)/p+1. The number of nitrogens with zero attached hydrogens (tertiary/aromatic N) is 4. The number of Topliss-reactive ketones (excluding diaryl/α,β-unsaturated/α-hetero) is 1. The van der Waals surface area contributed by atoms with Crippen molar-refractivity contribution in [3.63, 3.8) is 0 Å². The molecule has 0 saturated carbocycles. The van der Waals surface area contributed by atoms with Crippen LogP contribution in [-0.4, -0.2) is 20.9 Å². The number of rotatable bonds is 11. The van der Waals surface area contributed by atoms with E-state index in [2.05, 4.69) is 41.4 Å². The maximum atomic E-state index is 11.7. The van der Waals surface area contributed by atoms with Crippen LogP contribution in [0.3, 0.4) is 0 Å². The van der Waals surface area contributed by atoms with E-state index in [1.165, 1.54) is 51.2 Å². The number of aliphatic hydroxyl groups excluding tert-OH is 1. The highest BCUT2D eigenvalue weighted by Crippen LogP contribution is 2.36. The van der Waals surface area contributed by atoms with Crippen molar-refractivity contribution in [3.05, 3.63) is 87.1 Å². The Labute approximate surface area is 228 Å². The summed E-state index contributed by atoms with van der Waals surface area (Å²) in [5.74, 6) is -1.23. The molecule has 0 fully saturated rings. The molecule has 0 radical (unpaired) electrons. The van der Waals surface area contributed by atoms with Gasteiger partial charge in [0.15, 0.2) is 22.9 Å². The summed E-state index contributed by atoms with van der Waals surface area (Å²) in [5, 5.41) is 40.0. The van der Waals surface area contributed by atoms with Crippen LogP contribution in [0.2, 0.25) is 0 Å². The van der Waals surface area contributed by atoms with Crippen LogP contribution in [0, 0.1) is 24.0 Å². The van der Waals surface area contributed by atoms with E-state index in [-0.39, 0.29) is 34.3 Å². The second kappa shape index (κ2) is 12.9. The quantitative estimate of drug-likeness (QED) is 0.0505. The minimum absolute atomic E-state index is 0.149. The number of nitro groups is 1. The summed E-state index contributed by atoms with van der Waals surface area (Å²) in [6, 6.07) is 14.7. The van der Waals surface area contributed by atoms with Crippen molar-refractivity contribution >= 4 is 17.2 Å². The first-order chi connectivity index (χ1) is 18.5. The Bertz CT molecular complexity index is 1420. The number of non-ortho nitro benzene ring substituents is 1. The minimum Gasteiger partial charge on any atom is -0.510 e. The van der Waals surface area contributed by atoms with E-state index in [1.54, 1.807) is 4.57 Å². The Morgan fingerprint density at radius 1 is 0.974 bits per heavy atom. The number of aliphatic hydroxyl groups is 1. The number of carbonyl (C=O) groups is 1. The monoisotopic (exact) mass is 531 g/mol. The molecule has 0 saturated heterocycles. The first kappa shape index (κ1) is 29.2. The number of benzene rings is 2. The molecule has 0 spiro atoms. The molecular formula is C30H35N4O5+. The van der Waals surface area contributed by atoms with Gasteiger partial charge >= 0.3 is 0 Å². The summed E-state index contributed by atoms with van der Waals surface area (Å²) >= 11 is 0.